The number of carbonyl (C=O) groups excluding carboxylic acids is 1. The van der Waals surface area contributed by atoms with Crippen LogP contribution in [0, 0.1) is 0 Å². The Bertz CT molecular complexity index is 149. The first kappa shape index (κ1) is 11.6. The van der Waals surface area contributed by atoms with Crippen molar-refractivity contribution in [1.29, 1.82) is 0 Å². The summed E-state index contributed by atoms with van der Waals surface area (Å²) in [4.78, 5) is 10.8. The third kappa shape index (κ3) is 6.36. The number of aliphatic hydroxyl groups excluding tert-OH is 1. The van der Waals surface area contributed by atoms with Gasteiger partial charge in [0.25, 0.3) is 0 Å². The zero-order valence-electron chi connectivity index (χ0n) is 8.26. The van der Waals surface area contributed by atoms with E-state index in [0.717, 1.165) is 6.04 Å². The van der Waals surface area contributed by atoms with Crippen LogP contribution in [0.1, 0.15) is 6.92 Å². The highest BCUT2D eigenvalue weighted by molar-refractivity contribution is 6.76. The number of ether oxygens (including phenoxy) is 1. The smallest absolute Gasteiger partial charge is 0.334 e. The Hall–Kier alpha value is -0.353. The third-order valence-corrected chi connectivity index (χ3v) is 3.14. The van der Waals surface area contributed by atoms with E-state index in [-0.39, 0.29) is 0 Å². The maximum absolute atomic E-state index is 10.8. The lowest BCUT2D eigenvalue weighted by Crippen LogP contribution is -2.25. The molecule has 0 spiro atoms. The molecule has 3 nitrogen and oxygen atoms in total. The van der Waals surface area contributed by atoms with Gasteiger partial charge in [-0.25, -0.2) is 4.79 Å². The second-order valence-electron chi connectivity index (χ2n) is 4.15. The Kier molecular flexibility index (Phi) is 4.48. The Labute approximate surface area is 74.7 Å². The molecule has 1 atom stereocenters. The van der Waals surface area contributed by atoms with Crippen LogP contribution in [0.5, 0.6) is 0 Å². The van der Waals surface area contributed by atoms with Gasteiger partial charge in [0, 0.05) is 8.07 Å². The van der Waals surface area contributed by atoms with Crippen LogP contribution in [-0.4, -0.2) is 31.9 Å². The predicted molar refractivity (Wildman–Crippen MR) is 50.8 cm³/mol. The lowest BCUT2D eigenvalue weighted by Gasteiger charge is -2.15. The molecule has 72 valence electrons. The standard InChI is InChI=1S/C8H18O3Si/c1-7(9)8(10)11-5-6-12(2,3)4/h7,9H,5-6H2,1-4H3. The zero-order chi connectivity index (χ0) is 9.78. The average molecular weight is 190 g/mol. The highest BCUT2D eigenvalue weighted by Gasteiger charge is 2.15. The summed E-state index contributed by atoms with van der Waals surface area (Å²) in [6.07, 6.45) is -0.994. The van der Waals surface area contributed by atoms with Gasteiger partial charge in [-0.3, -0.25) is 0 Å². The molecule has 0 heterocycles. The van der Waals surface area contributed by atoms with E-state index in [1.165, 1.54) is 6.92 Å². The molecule has 0 aromatic rings. The van der Waals surface area contributed by atoms with E-state index in [1.54, 1.807) is 0 Å². The number of aliphatic hydroxyl groups is 1. The van der Waals surface area contributed by atoms with Gasteiger partial charge in [-0.15, -0.1) is 0 Å². The molecule has 0 rings (SSSR count). The molecule has 0 aliphatic carbocycles. The Morgan fingerprint density at radius 3 is 2.33 bits per heavy atom. The molecule has 0 fully saturated rings. The first-order valence-corrected chi connectivity index (χ1v) is 7.88. The van der Waals surface area contributed by atoms with Crippen molar-refractivity contribution in [2.75, 3.05) is 6.61 Å². The minimum Gasteiger partial charge on any atom is -0.464 e. The fourth-order valence-electron chi connectivity index (χ4n) is 0.578. The summed E-state index contributed by atoms with van der Waals surface area (Å²) in [7, 11) is -1.12. The summed E-state index contributed by atoms with van der Waals surface area (Å²) in [6.45, 7) is 8.49. The predicted octanol–water partition coefficient (Wildman–Crippen LogP) is 1.25. The number of carbonyl (C=O) groups is 1. The van der Waals surface area contributed by atoms with E-state index in [1.807, 2.05) is 0 Å². The number of hydrogen-bond acceptors (Lipinski definition) is 3. The quantitative estimate of drug-likeness (QED) is 0.536. The van der Waals surface area contributed by atoms with Crippen LogP contribution in [-0.2, 0) is 9.53 Å². The summed E-state index contributed by atoms with van der Waals surface area (Å²) < 4.78 is 4.83. The molecule has 0 amide bonds. The van der Waals surface area contributed by atoms with E-state index in [4.69, 9.17) is 9.84 Å². The summed E-state index contributed by atoms with van der Waals surface area (Å²) >= 11 is 0. The molecule has 4 heteroatoms. The van der Waals surface area contributed by atoms with E-state index >= 15 is 0 Å². The van der Waals surface area contributed by atoms with Crippen molar-refractivity contribution in [2.24, 2.45) is 0 Å². The third-order valence-electron chi connectivity index (χ3n) is 1.44. The molecular weight excluding hydrogens is 172 g/mol. The topological polar surface area (TPSA) is 46.5 Å². The first-order chi connectivity index (χ1) is 5.33. The normalized spacial score (nSPS) is 14.1. The number of rotatable bonds is 4. The summed E-state index contributed by atoms with van der Waals surface area (Å²) in [5, 5.41) is 8.79. The molecule has 0 saturated heterocycles. The fraction of sp³-hybridized carbons (Fsp3) is 0.875. The van der Waals surface area contributed by atoms with Crippen LogP contribution in [0.3, 0.4) is 0 Å². The Balaban J connectivity index is 3.51. The van der Waals surface area contributed by atoms with Crippen molar-refractivity contribution in [3.63, 3.8) is 0 Å². The molecule has 0 radical (unpaired) electrons. The Morgan fingerprint density at radius 1 is 1.50 bits per heavy atom. The maximum Gasteiger partial charge on any atom is 0.334 e. The first-order valence-electron chi connectivity index (χ1n) is 4.17. The van der Waals surface area contributed by atoms with Crippen LogP contribution in [0.2, 0.25) is 25.7 Å². The maximum atomic E-state index is 10.8. The summed E-state index contributed by atoms with van der Waals surface area (Å²) in [6, 6.07) is 0.950. The van der Waals surface area contributed by atoms with Crippen LogP contribution < -0.4 is 0 Å². The van der Waals surface area contributed by atoms with E-state index in [2.05, 4.69) is 19.6 Å². The monoisotopic (exact) mass is 190 g/mol. The molecule has 0 aliphatic rings. The molecule has 1 unspecified atom stereocenters. The highest BCUT2D eigenvalue weighted by Crippen LogP contribution is 2.07. The second-order valence-corrected chi connectivity index (χ2v) is 9.78. The lowest BCUT2D eigenvalue weighted by molar-refractivity contribution is -0.151. The van der Waals surface area contributed by atoms with Crippen molar-refractivity contribution in [2.45, 2.75) is 38.7 Å². The van der Waals surface area contributed by atoms with Crippen molar-refractivity contribution in [3.05, 3.63) is 0 Å². The van der Waals surface area contributed by atoms with Crippen molar-refractivity contribution in [3.8, 4) is 0 Å². The van der Waals surface area contributed by atoms with Gasteiger partial charge in [0.05, 0.1) is 6.61 Å². The van der Waals surface area contributed by atoms with Gasteiger partial charge >= 0.3 is 5.97 Å². The Morgan fingerprint density at radius 2 is 2.00 bits per heavy atom. The molecule has 1 N–H and O–H groups in total. The van der Waals surface area contributed by atoms with Crippen molar-refractivity contribution >= 4 is 14.0 Å². The van der Waals surface area contributed by atoms with Gasteiger partial charge in [0.2, 0.25) is 0 Å². The van der Waals surface area contributed by atoms with Crippen LogP contribution in [0.25, 0.3) is 0 Å². The molecule has 0 bridgehead atoms. The van der Waals surface area contributed by atoms with Crippen molar-refractivity contribution < 1.29 is 14.6 Å². The van der Waals surface area contributed by atoms with Gasteiger partial charge in [-0.2, -0.15) is 0 Å². The molecule has 0 aromatic carbocycles. The van der Waals surface area contributed by atoms with Gasteiger partial charge in [-0.1, -0.05) is 19.6 Å². The van der Waals surface area contributed by atoms with E-state index in [9.17, 15) is 4.79 Å². The van der Waals surface area contributed by atoms with Gasteiger partial charge in [0.15, 0.2) is 0 Å². The summed E-state index contributed by atoms with van der Waals surface area (Å²) in [5.74, 6) is -0.520. The molecule has 12 heavy (non-hydrogen) atoms. The van der Waals surface area contributed by atoms with Crippen LogP contribution >= 0.6 is 0 Å². The SMILES string of the molecule is CC(O)C(=O)OCC[Si](C)(C)C. The molecule has 0 aliphatic heterocycles. The average Bonchev–Trinajstić information content (AvgIpc) is 1.84. The van der Waals surface area contributed by atoms with Gasteiger partial charge < -0.3 is 9.84 Å². The lowest BCUT2D eigenvalue weighted by atomic mass is 10.4. The number of esters is 1. The molecule has 0 saturated carbocycles. The summed E-state index contributed by atoms with van der Waals surface area (Å²) in [5.41, 5.74) is 0. The molecular formula is C8H18O3Si. The van der Waals surface area contributed by atoms with Gasteiger partial charge in [0.1, 0.15) is 6.10 Å². The second kappa shape index (κ2) is 4.62. The highest BCUT2D eigenvalue weighted by atomic mass is 28.3. The van der Waals surface area contributed by atoms with Crippen molar-refractivity contribution in [1.82, 2.24) is 0 Å². The molecule has 0 aromatic heterocycles. The zero-order valence-corrected chi connectivity index (χ0v) is 9.26. The minimum atomic E-state index is -1.12. The van der Waals surface area contributed by atoms with E-state index in [0.29, 0.717) is 6.61 Å². The van der Waals surface area contributed by atoms with Crippen LogP contribution in [0.4, 0.5) is 0 Å². The largest absolute Gasteiger partial charge is 0.464 e. The van der Waals surface area contributed by atoms with E-state index < -0.39 is 20.1 Å². The van der Waals surface area contributed by atoms with Gasteiger partial charge in [-0.05, 0) is 13.0 Å². The van der Waals surface area contributed by atoms with Crippen LogP contribution in [0.15, 0.2) is 0 Å². The number of hydrogen-bond donors (Lipinski definition) is 1. The fourth-order valence-corrected chi connectivity index (χ4v) is 1.29. The minimum absolute atomic E-state index is 0.444.